The molecule has 1 aliphatic rings. The van der Waals surface area contributed by atoms with Crippen molar-refractivity contribution in [3.05, 3.63) is 51.7 Å². The Balaban J connectivity index is 1.55. The summed E-state index contributed by atoms with van der Waals surface area (Å²) in [5, 5.41) is 9.52. The van der Waals surface area contributed by atoms with Crippen LogP contribution in [0.5, 0.6) is 0 Å². The number of benzene rings is 1. The van der Waals surface area contributed by atoms with Gasteiger partial charge in [-0.05, 0) is 35.7 Å². The normalized spacial score (nSPS) is 16.1. The molecule has 0 radical (unpaired) electrons. The minimum Gasteiger partial charge on any atom is -0.368 e. The lowest BCUT2D eigenvalue weighted by atomic mass is 10.2. The predicted molar refractivity (Wildman–Crippen MR) is 87.2 cm³/mol. The number of nitrogens with zero attached hydrogens (tertiary/aromatic N) is 3. The maximum atomic E-state index is 5.92. The van der Waals surface area contributed by atoms with Gasteiger partial charge in [0.15, 0.2) is 0 Å². The molecule has 1 aromatic heterocycles. The summed E-state index contributed by atoms with van der Waals surface area (Å²) < 4.78 is 0. The van der Waals surface area contributed by atoms with E-state index in [2.05, 4.69) is 38.6 Å². The quantitative estimate of drug-likeness (QED) is 0.808. The summed E-state index contributed by atoms with van der Waals surface area (Å²) in [5.74, 6) is 0. The Hall–Kier alpha value is -1.52. The Morgan fingerprint density at radius 3 is 2.45 bits per heavy atom. The first kappa shape index (κ1) is 13.5. The molecular weight excluding hydrogens is 290 g/mol. The van der Waals surface area contributed by atoms with Crippen LogP contribution in [0.2, 0.25) is 5.02 Å². The van der Waals surface area contributed by atoms with Gasteiger partial charge in [-0.3, -0.25) is 5.01 Å². The Bertz CT molecular complexity index is 557. The van der Waals surface area contributed by atoms with Crippen LogP contribution >= 0.6 is 22.9 Å². The van der Waals surface area contributed by atoms with Crippen molar-refractivity contribution in [3.63, 3.8) is 0 Å². The minimum atomic E-state index is 0.785. The van der Waals surface area contributed by atoms with Gasteiger partial charge in [0.25, 0.3) is 0 Å². The molecular formula is C15H16ClN3S. The van der Waals surface area contributed by atoms with Gasteiger partial charge in [-0.25, -0.2) is 0 Å². The maximum absolute atomic E-state index is 5.92. The predicted octanol–water partition coefficient (Wildman–Crippen LogP) is 3.56. The standard InChI is InChI=1S/C15H16ClN3S/c16-13-3-5-14(6-4-13)18-7-9-19(10-8-18)17-12-15-2-1-11-20-15/h1-6,11-12H,7-10H2/b17-12+. The molecule has 1 fully saturated rings. The summed E-state index contributed by atoms with van der Waals surface area (Å²) in [4.78, 5) is 3.57. The van der Waals surface area contributed by atoms with Crippen LogP contribution in [-0.2, 0) is 0 Å². The largest absolute Gasteiger partial charge is 0.368 e. The first-order valence-electron chi connectivity index (χ1n) is 6.64. The van der Waals surface area contributed by atoms with Gasteiger partial charge in [0.05, 0.1) is 19.3 Å². The van der Waals surface area contributed by atoms with Crippen molar-refractivity contribution in [1.82, 2.24) is 5.01 Å². The second kappa shape index (κ2) is 6.29. The summed E-state index contributed by atoms with van der Waals surface area (Å²) in [6, 6.07) is 12.2. The first-order valence-corrected chi connectivity index (χ1v) is 7.90. The van der Waals surface area contributed by atoms with Crippen LogP contribution in [0.4, 0.5) is 5.69 Å². The maximum Gasteiger partial charge on any atom is 0.0642 e. The van der Waals surface area contributed by atoms with Crippen LogP contribution in [0.1, 0.15) is 4.88 Å². The fraction of sp³-hybridized carbons (Fsp3) is 0.267. The Morgan fingerprint density at radius 2 is 1.80 bits per heavy atom. The van der Waals surface area contributed by atoms with E-state index >= 15 is 0 Å². The summed E-state index contributed by atoms with van der Waals surface area (Å²) in [7, 11) is 0. The molecule has 1 aromatic carbocycles. The fourth-order valence-corrected chi connectivity index (χ4v) is 2.93. The van der Waals surface area contributed by atoms with Crippen LogP contribution in [0, 0.1) is 0 Å². The van der Waals surface area contributed by atoms with E-state index in [9.17, 15) is 0 Å². The second-order valence-corrected chi connectivity index (χ2v) is 6.09. The van der Waals surface area contributed by atoms with Crippen LogP contribution in [0.25, 0.3) is 0 Å². The third-order valence-electron chi connectivity index (χ3n) is 3.34. The average molecular weight is 306 g/mol. The molecule has 0 aliphatic carbocycles. The number of halogens is 1. The van der Waals surface area contributed by atoms with Crippen molar-refractivity contribution in [2.75, 3.05) is 31.1 Å². The van der Waals surface area contributed by atoms with E-state index in [1.165, 1.54) is 10.6 Å². The smallest absolute Gasteiger partial charge is 0.0642 e. The molecule has 20 heavy (non-hydrogen) atoms. The van der Waals surface area contributed by atoms with Crippen LogP contribution in [0.15, 0.2) is 46.9 Å². The first-order chi connectivity index (χ1) is 9.81. The van der Waals surface area contributed by atoms with E-state index < -0.39 is 0 Å². The molecule has 0 amide bonds. The second-order valence-electron chi connectivity index (χ2n) is 4.68. The third-order valence-corrected chi connectivity index (χ3v) is 4.40. The van der Waals surface area contributed by atoms with Crippen molar-refractivity contribution in [2.24, 2.45) is 5.10 Å². The lowest BCUT2D eigenvalue weighted by Gasteiger charge is -2.34. The molecule has 5 heteroatoms. The molecule has 2 heterocycles. The minimum absolute atomic E-state index is 0.785. The molecule has 0 bridgehead atoms. The molecule has 1 saturated heterocycles. The van der Waals surface area contributed by atoms with Crippen LogP contribution < -0.4 is 4.90 Å². The van der Waals surface area contributed by atoms with Gasteiger partial charge < -0.3 is 4.90 Å². The summed E-state index contributed by atoms with van der Waals surface area (Å²) in [6.45, 7) is 3.88. The highest BCUT2D eigenvalue weighted by molar-refractivity contribution is 7.11. The SMILES string of the molecule is Clc1ccc(N2CCN(/N=C/c3cccs3)CC2)cc1. The number of hydrazone groups is 1. The van der Waals surface area contributed by atoms with Crippen molar-refractivity contribution in [1.29, 1.82) is 0 Å². The van der Waals surface area contributed by atoms with Gasteiger partial charge in [-0.2, -0.15) is 5.10 Å². The molecule has 2 aromatic rings. The molecule has 0 N–H and O–H groups in total. The van der Waals surface area contributed by atoms with E-state index in [1.54, 1.807) is 11.3 Å². The van der Waals surface area contributed by atoms with E-state index in [0.717, 1.165) is 31.2 Å². The molecule has 1 aliphatic heterocycles. The van der Waals surface area contributed by atoms with Gasteiger partial charge in [-0.1, -0.05) is 17.7 Å². The molecule has 0 atom stereocenters. The van der Waals surface area contributed by atoms with E-state index in [4.69, 9.17) is 11.6 Å². The van der Waals surface area contributed by atoms with Gasteiger partial charge in [0.2, 0.25) is 0 Å². The zero-order valence-electron chi connectivity index (χ0n) is 11.1. The van der Waals surface area contributed by atoms with Crippen molar-refractivity contribution in [3.8, 4) is 0 Å². The number of thiophene rings is 1. The Kier molecular flexibility index (Phi) is 4.23. The van der Waals surface area contributed by atoms with Gasteiger partial charge >= 0.3 is 0 Å². The lowest BCUT2D eigenvalue weighted by molar-refractivity contribution is 0.272. The molecule has 104 valence electrons. The lowest BCUT2D eigenvalue weighted by Crippen LogP contribution is -2.44. The Labute approximate surface area is 128 Å². The summed E-state index contributed by atoms with van der Waals surface area (Å²) in [5.41, 5.74) is 1.23. The summed E-state index contributed by atoms with van der Waals surface area (Å²) in [6.07, 6.45) is 1.95. The van der Waals surface area contributed by atoms with E-state index in [1.807, 2.05) is 24.4 Å². The van der Waals surface area contributed by atoms with Crippen molar-refractivity contribution in [2.45, 2.75) is 0 Å². The molecule has 0 saturated carbocycles. The van der Waals surface area contributed by atoms with Gasteiger partial charge in [0.1, 0.15) is 0 Å². The van der Waals surface area contributed by atoms with Crippen molar-refractivity contribution < 1.29 is 0 Å². The number of anilines is 1. The fourth-order valence-electron chi connectivity index (χ4n) is 2.22. The molecule has 3 rings (SSSR count). The summed E-state index contributed by atoms with van der Waals surface area (Å²) >= 11 is 7.63. The molecule has 0 unspecified atom stereocenters. The van der Waals surface area contributed by atoms with E-state index in [0.29, 0.717) is 0 Å². The number of rotatable bonds is 3. The van der Waals surface area contributed by atoms with E-state index in [-0.39, 0.29) is 0 Å². The highest BCUT2D eigenvalue weighted by atomic mass is 35.5. The van der Waals surface area contributed by atoms with Gasteiger partial charge in [0, 0.05) is 28.7 Å². The average Bonchev–Trinajstić information content (AvgIpc) is 3.00. The van der Waals surface area contributed by atoms with Crippen LogP contribution in [-0.4, -0.2) is 37.4 Å². The highest BCUT2D eigenvalue weighted by Crippen LogP contribution is 2.19. The Morgan fingerprint density at radius 1 is 1.05 bits per heavy atom. The highest BCUT2D eigenvalue weighted by Gasteiger charge is 2.15. The van der Waals surface area contributed by atoms with Crippen LogP contribution in [0.3, 0.4) is 0 Å². The number of piperazine rings is 1. The zero-order valence-corrected chi connectivity index (χ0v) is 12.6. The third kappa shape index (κ3) is 3.32. The zero-order chi connectivity index (χ0) is 13.8. The monoisotopic (exact) mass is 305 g/mol. The van der Waals surface area contributed by atoms with Crippen molar-refractivity contribution >= 4 is 34.8 Å². The number of hydrogen-bond acceptors (Lipinski definition) is 4. The topological polar surface area (TPSA) is 18.8 Å². The van der Waals surface area contributed by atoms with Gasteiger partial charge in [-0.15, -0.1) is 11.3 Å². The molecule has 0 spiro atoms. The number of hydrogen-bond donors (Lipinski definition) is 0. The molecule has 3 nitrogen and oxygen atoms in total.